The van der Waals surface area contributed by atoms with Gasteiger partial charge in [-0.2, -0.15) is 13.2 Å². The van der Waals surface area contributed by atoms with Gasteiger partial charge in [0.15, 0.2) is 0 Å². The summed E-state index contributed by atoms with van der Waals surface area (Å²) in [5.41, 5.74) is -2.35. The second kappa shape index (κ2) is 8.20. The molecule has 1 unspecified atom stereocenters. The van der Waals surface area contributed by atoms with Gasteiger partial charge < -0.3 is 15.2 Å². The molecular formula is C20H20ClF3N2O3. The number of carbonyl (C=O) groups is 1. The first-order valence-corrected chi connectivity index (χ1v) is 9.42. The smallest absolute Gasteiger partial charge is 0.417 e. The molecule has 0 bridgehead atoms. The summed E-state index contributed by atoms with van der Waals surface area (Å²) in [5, 5.41) is 13.0. The lowest BCUT2D eigenvalue weighted by Crippen LogP contribution is -2.44. The van der Waals surface area contributed by atoms with Gasteiger partial charge in [0.2, 0.25) is 0 Å². The summed E-state index contributed by atoms with van der Waals surface area (Å²) in [6.07, 6.45) is -1.40. The number of alkyl halides is 3. The van der Waals surface area contributed by atoms with Crippen LogP contribution in [-0.4, -0.2) is 28.7 Å². The number of aromatic nitrogens is 1. The van der Waals surface area contributed by atoms with Crippen molar-refractivity contribution in [3.05, 3.63) is 58.4 Å². The Balaban J connectivity index is 1.97. The number of nitrogens with zero attached hydrogens (tertiary/aromatic N) is 1. The predicted molar refractivity (Wildman–Crippen MR) is 101 cm³/mol. The summed E-state index contributed by atoms with van der Waals surface area (Å²) in [7, 11) is 1.49. The van der Waals surface area contributed by atoms with Crippen LogP contribution >= 0.6 is 11.6 Å². The van der Waals surface area contributed by atoms with Crippen molar-refractivity contribution in [1.82, 2.24) is 10.3 Å². The van der Waals surface area contributed by atoms with Crippen LogP contribution < -0.4 is 10.1 Å². The van der Waals surface area contributed by atoms with E-state index in [-0.39, 0.29) is 0 Å². The van der Waals surface area contributed by atoms with E-state index in [2.05, 4.69) is 10.3 Å². The molecular weight excluding hydrogens is 409 g/mol. The number of aliphatic hydroxyl groups is 1. The number of halogens is 4. The van der Waals surface area contributed by atoms with Crippen molar-refractivity contribution in [3.63, 3.8) is 0 Å². The van der Waals surface area contributed by atoms with E-state index < -0.39 is 40.0 Å². The quantitative estimate of drug-likeness (QED) is 0.733. The number of hydrogen-bond acceptors (Lipinski definition) is 4. The van der Waals surface area contributed by atoms with Crippen LogP contribution in [0, 0.1) is 0 Å². The summed E-state index contributed by atoms with van der Waals surface area (Å²) in [6.45, 7) is 0. The van der Waals surface area contributed by atoms with Gasteiger partial charge in [-0.1, -0.05) is 36.6 Å². The minimum absolute atomic E-state index is 0.443. The van der Waals surface area contributed by atoms with E-state index in [1.807, 2.05) is 0 Å². The lowest BCUT2D eigenvalue weighted by atomic mass is 9.86. The minimum Gasteiger partial charge on any atom is -0.497 e. The van der Waals surface area contributed by atoms with Crippen molar-refractivity contribution >= 4 is 17.5 Å². The maximum atomic E-state index is 13.1. The number of pyridine rings is 1. The highest BCUT2D eigenvalue weighted by Crippen LogP contribution is 2.41. The normalized spacial score (nSPS) is 17.0. The van der Waals surface area contributed by atoms with Crippen molar-refractivity contribution in [3.8, 4) is 5.75 Å². The average molecular weight is 429 g/mol. The first kappa shape index (κ1) is 21.4. The number of methoxy groups -OCH3 is 1. The number of nitrogens with one attached hydrogen (secondary N) is 1. The molecule has 9 heteroatoms. The van der Waals surface area contributed by atoms with Gasteiger partial charge in [-0.3, -0.25) is 4.79 Å². The van der Waals surface area contributed by atoms with Gasteiger partial charge in [0, 0.05) is 6.20 Å². The molecule has 1 amide bonds. The van der Waals surface area contributed by atoms with Crippen molar-refractivity contribution < 1.29 is 27.8 Å². The molecule has 1 aromatic heterocycles. The molecule has 156 valence electrons. The van der Waals surface area contributed by atoms with Crippen LogP contribution in [0.15, 0.2) is 36.5 Å². The zero-order valence-corrected chi connectivity index (χ0v) is 16.3. The molecule has 29 heavy (non-hydrogen) atoms. The van der Waals surface area contributed by atoms with Gasteiger partial charge in [-0.05, 0) is 36.6 Å². The summed E-state index contributed by atoms with van der Waals surface area (Å²) in [6, 6.07) is 6.66. The molecule has 1 aromatic carbocycles. The van der Waals surface area contributed by atoms with E-state index in [0.717, 1.165) is 19.0 Å². The van der Waals surface area contributed by atoms with Gasteiger partial charge in [-0.25, -0.2) is 4.98 Å². The average Bonchev–Trinajstić information content (AvgIpc) is 3.12. The minimum atomic E-state index is -4.72. The van der Waals surface area contributed by atoms with Gasteiger partial charge in [0.1, 0.15) is 11.4 Å². The molecule has 1 atom stereocenters. The van der Waals surface area contributed by atoms with Crippen LogP contribution in [0.4, 0.5) is 13.2 Å². The topological polar surface area (TPSA) is 71.5 Å². The molecule has 0 spiro atoms. The molecule has 1 aliphatic rings. The van der Waals surface area contributed by atoms with Crippen LogP contribution in [0.5, 0.6) is 5.75 Å². The fourth-order valence-electron chi connectivity index (χ4n) is 3.65. The fourth-order valence-corrected chi connectivity index (χ4v) is 3.95. The molecule has 5 nitrogen and oxygen atoms in total. The number of amides is 1. The Labute approximate surface area is 170 Å². The molecule has 2 aromatic rings. The predicted octanol–water partition coefficient (Wildman–Crippen LogP) is 4.54. The largest absolute Gasteiger partial charge is 0.497 e. The Morgan fingerprint density at radius 2 is 2.00 bits per heavy atom. The Bertz CT molecular complexity index is 899. The highest BCUT2D eigenvalue weighted by Gasteiger charge is 2.42. The molecule has 1 fully saturated rings. The Morgan fingerprint density at radius 1 is 1.31 bits per heavy atom. The van der Waals surface area contributed by atoms with Crippen LogP contribution in [0.2, 0.25) is 5.02 Å². The van der Waals surface area contributed by atoms with E-state index in [9.17, 15) is 23.1 Å². The molecule has 1 aliphatic carbocycles. The summed E-state index contributed by atoms with van der Waals surface area (Å²) in [5.74, 6) is -0.368. The third kappa shape index (κ3) is 4.48. The second-order valence-electron chi connectivity index (χ2n) is 7.01. The van der Waals surface area contributed by atoms with E-state index in [1.54, 1.807) is 24.3 Å². The molecule has 0 radical (unpaired) electrons. The lowest BCUT2D eigenvalue weighted by Gasteiger charge is -2.34. The molecule has 2 N–H and O–H groups in total. The Morgan fingerprint density at radius 3 is 2.62 bits per heavy atom. The third-order valence-corrected chi connectivity index (χ3v) is 5.50. The maximum Gasteiger partial charge on any atom is 0.417 e. The van der Waals surface area contributed by atoms with E-state index in [4.69, 9.17) is 16.3 Å². The Kier molecular flexibility index (Phi) is 6.05. The lowest BCUT2D eigenvalue weighted by molar-refractivity contribution is -0.137. The SMILES string of the molecule is COc1cccc(C(NC(=O)c2nccc(C(F)(F)F)c2Cl)C2(O)CCCC2)c1. The van der Waals surface area contributed by atoms with Crippen molar-refractivity contribution in [2.75, 3.05) is 7.11 Å². The van der Waals surface area contributed by atoms with Crippen LogP contribution in [0.1, 0.15) is 53.3 Å². The van der Waals surface area contributed by atoms with Crippen LogP contribution in [0.3, 0.4) is 0 Å². The summed E-state index contributed by atoms with van der Waals surface area (Å²) >= 11 is 5.83. The molecule has 0 saturated heterocycles. The standard InChI is InChI=1S/C20H20ClF3N2O3/c1-29-13-6-4-5-12(11-13)17(19(28)8-2-3-9-19)26-18(27)16-15(21)14(7-10-25-16)20(22,23)24/h4-7,10-11,17,28H,2-3,8-9H2,1H3,(H,26,27). The number of hydrogen-bond donors (Lipinski definition) is 2. The summed E-state index contributed by atoms with van der Waals surface area (Å²) < 4.78 is 44.5. The highest BCUT2D eigenvalue weighted by atomic mass is 35.5. The first-order chi connectivity index (χ1) is 13.7. The zero-order chi connectivity index (χ0) is 21.2. The highest BCUT2D eigenvalue weighted by molar-refractivity contribution is 6.34. The monoisotopic (exact) mass is 428 g/mol. The van der Waals surface area contributed by atoms with Gasteiger partial charge in [-0.15, -0.1) is 0 Å². The number of rotatable bonds is 5. The first-order valence-electron chi connectivity index (χ1n) is 9.04. The maximum absolute atomic E-state index is 13.1. The summed E-state index contributed by atoms with van der Waals surface area (Å²) in [4.78, 5) is 16.5. The molecule has 1 saturated carbocycles. The molecule has 3 rings (SSSR count). The van der Waals surface area contributed by atoms with E-state index in [1.165, 1.54) is 7.11 Å². The second-order valence-corrected chi connectivity index (χ2v) is 7.39. The Hall–Kier alpha value is -2.32. The van der Waals surface area contributed by atoms with Gasteiger partial charge >= 0.3 is 6.18 Å². The van der Waals surface area contributed by atoms with Crippen molar-refractivity contribution in [2.45, 2.75) is 43.5 Å². The number of carbonyl (C=O) groups excluding carboxylic acids is 1. The van der Waals surface area contributed by atoms with Crippen LogP contribution in [-0.2, 0) is 6.18 Å². The van der Waals surface area contributed by atoms with Gasteiger partial charge in [0.25, 0.3) is 5.91 Å². The third-order valence-electron chi connectivity index (χ3n) is 5.12. The molecule has 1 heterocycles. The van der Waals surface area contributed by atoms with Crippen molar-refractivity contribution in [1.29, 1.82) is 0 Å². The van der Waals surface area contributed by atoms with Crippen molar-refractivity contribution in [2.24, 2.45) is 0 Å². The number of benzene rings is 1. The number of ether oxygens (including phenoxy) is 1. The van der Waals surface area contributed by atoms with E-state index in [0.29, 0.717) is 30.2 Å². The van der Waals surface area contributed by atoms with Crippen LogP contribution in [0.25, 0.3) is 0 Å². The zero-order valence-electron chi connectivity index (χ0n) is 15.6. The van der Waals surface area contributed by atoms with Gasteiger partial charge in [0.05, 0.1) is 29.3 Å². The fraction of sp³-hybridized carbons (Fsp3) is 0.400. The van der Waals surface area contributed by atoms with E-state index >= 15 is 0 Å². The molecule has 0 aliphatic heterocycles.